The number of anilines is 1. The van der Waals surface area contributed by atoms with Gasteiger partial charge in [0.2, 0.25) is 11.0 Å². The summed E-state index contributed by atoms with van der Waals surface area (Å²) in [5.41, 5.74) is 9.93. The molecule has 3 heterocycles. The second-order valence-electron chi connectivity index (χ2n) is 7.86. The number of aryl methyl sites for hydroxylation is 2. The largest absolute Gasteiger partial charge is 0.484 e. The van der Waals surface area contributed by atoms with E-state index in [-0.39, 0.29) is 24.9 Å². The van der Waals surface area contributed by atoms with Crippen molar-refractivity contribution >= 4 is 39.2 Å². The van der Waals surface area contributed by atoms with Gasteiger partial charge in [0.15, 0.2) is 6.61 Å². The van der Waals surface area contributed by atoms with Gasteiger partial charge in [-0.3, -0.25) is 9.59 Å². The highest BCUT2D eigenvalue weighted by Gasteiger charge is 2.33. The highest BCUT2D eigenvalue weighted by molar-refractivity contribution is 7.20. The predicted molar refractivity (Wildman–Crippen MR) is 122 cm³/mol. The zero-order valence-electron chi connectivity index (χ0n) is 17.6. The van der Waals surface area contributed by atoms with Gasteiger partial charge in [-0.05, 0) is 49.2 Å². The summed E-state index contributed by atoms with van der Waals surface area (Å²) in [4.78, 5) is 28.4. The lowest BCUT2D eigenvalue weighted by Gasteiger charge is -2.24. The average molecular weight is 448 g/mol. The molecular formula is C23H21N5O3S. The van der Waals surface area contributed by atoms with Crippen molar-refractivity contribution in [3.8, 4) is 10.9 Å². The molecule has 4 aromatic rings. The van der Waals surface area contributed by atoms with E-state index in [4.69, 9.17) is 20.6 Å². The second kappa shape index (κ2) is 7.76. The summed E-state index contributed by atoms with van der Waals surface area (Å²) in [5.74, 6) is 0.339. The first-order valence-electron chi connectivity index (χ1n) is 10.2. The van der Waals surface area contributed by atoms with Crippen LogP contribution in [0.3, 0.4) is 0 Å². The van der Waals surface area contributed by atoms with Crippen molar-refractivity contribution in [3.05, 3.63) is 64.8 Å². The van der Waals surface area contributed by atoms with E-state index >= 15 is 0 Å². The smallest absolute Gasteiger partial charge is 0.255 e. The summed E-state index contributed by atoms with van der Waals surface area (Å²) in [7, 11) is 0. The van der Waals surface area contributed by atoms with E-state index in [1.165, 1.54) is 11.3 Å². The van der Waals surface area contributed by atoms with Gasteiger partial charge < -0.3 is 15.8 Å². The minimum atomic E-state index is -0.544. The second-order valence-corrected chi connectivity index (χ2v) is 8.87. The van der Waals surface area contributed by atoms with Gasteiger partial charge in [-0.2, -0.15) is 9.78 Å². The Hall–Kier alpha value is -3.72. The van der Waals surface area contributed by atoms with Gasteiger partial charge in [-0.1, -0.05) is 29.5 Å². The molecule has 0 radical (unpaired) electrons. The van der Waals surface area contributed by atoms with E-state index in [1.54, 1.807) is 10.7 Å². The van der Waals surface area contributed by atoms with E-state index in [0.717, 1.165) is 32.6 Å². The van der Waals surface area contributed by atoms with Gasteiger partial charge >= 0.3 is 0 Å². The Morgan fingerprint density at radius 3 is 2.94 bits per heavy atom. The molecule has 0 bridgehead atoms. The molecule has 1 aliphatic heterocycles. The molecule has 0 saturated heterocycles. The molecular weight excluding hydrogens is 426 g/mol. The van der Waals surface area contributed by atoms with Gasteiger partial charge in [-0.15, -0.1) is 0 Å². The van der Waals surface area contributed by atoms with Crippen molar-refractivity contribution < 1.29 is 14.3 Å². The van der Waals surface area contributed by atoms with Gasteiger partial charge in [-0.25, -0.2) is 4.98 Å². The topological polar surface area (TPSA) is 112 Å². The molecule has 162 valence electrons. The number of rotatable bonds is 5. The number of hydrogen-bond donors (Lipinski definition) is 2. The van der Waals surface area contributed by atoms with Crippen molar-refractivity contribution in [1.29, 1.82) is 0 Å². The van der Waals surface area contributed by atoms with Crippen molar-refractivity contribution in [2.75, 3.05) is 11.9 Å². The predicted octanol–water partition coefficient (Wildman–Crippen LogP) is 3.44. The van der Waals surface area contributed by atoms with Crippen molar-refractivity contribution in [2.45, 2.75) is 26.2 Å². The summed E-state index contributed by atoms with van der Waals surface area (Å²) < 4.78 is 8.25. The third-order valence-electron chi connectivity index (χ3n) is 5.46. The number of nitrogens with one attached hydrogen (secondary N) is 1. The summed E-state index contributed by atoms with van der Waals surface area (Å²) in [6.45, 7) is 3.78. The fraction of sp³-hybridized carbons (Fsp3) is 0.217. The number of nitrogens with zero attached hydrogens (tertiary/aromatic N) is 3. The van der Waals surface area contributed by atoms with Crippen molar-refractivity contribution in [2.24, 2.45) is 5.73 Å². The first kappa shape index (κ1) is 20.2. The van der Waals surface area contributed by atoms with Crippen LogP contribution in [0.1, 0.15) is 34.7 Å². The summed E-state index contributed by atoms with van der Waals surface area (Å²) >= 11 is 1.53. The molecule has 5 rings (SSSR count). The minimum absolute atomic E-state index is 0.0935. The Labute approximate surface area is 188 Å². The molecule has 8 nitrogen and oxygen atoms in total. The summed E-state index contributed by atoms with van der Waals surface area (Å²) in [6.07, 6.45) is 0.290. The number of ether oxygens (including phenoxy) is 1. The van der Waals surface area contributed by atoms with Gasteiger partial charge in [0, 0.05) is 17.9 Å². The normalized spacial score (nSPS) is 15.4. The van der Waals surface area contributed by atoms with Crippen LogP contribution < -0.4 is 15.8 Å². The average Bonchev–Trinajstić information content (AvgIpc) is 3.32. The Kier molecular flexibility index (Phi) is 4.90. The maximum Gasteiger partial charge on any atom is 0.255 e. The number of nitrogens with two attached hydrogens (primary N) is 1. The Morgan fingerprint density at radius 1 is 1.28 bits per heavy atom. The van der Waals surface area contributed by atoms with Crippen LogP contribution in [0.25, 0.3) is 15.3 Å². The van der Waals surface area contributed by atoms with Crippen LogP contribution in [0.2, 0.25) is 0 Å². The number of carbonyl (C=O) groups excluding carboxylic acids is 2. The maximum atomic E-state index is 12.7. The zero-order chi connectivity index (χ0) is 22.4. The summed E-state index contributed by atoms with van der Waals surface area (Å²) in [5, 5.41) is 8.43. The first-order chi connectivity index (χ1) is 15.4. The molecule has 0 unspecified atom stereocenters. The number of thiazole rings is 1. The Balaban J connectivity index is 1.58. The number of hydrogen-bond acceptors (Lipinski definition) is 6. The van der Waals surface area contributed by atoms with E-state index in [9.17, 15) is 9.59 Å². The zero-order valence-corrected chi connectivity index (χ0v) is 18.4. The van der Waals surface area contributed by atoms with Crippen molar-refractivity contribution in [1.82, 2.24) is 14.8 Å². The lowest BCUT2D eigenvalue weighted by Crippen LogP contribution is -2.25. The third kappa shape index (κ3) is 3.60. The van der Waals surface area contributed by atoms with Gasteiger partial charge in [0.1, 0.15) is 11.6 Å². The number of amides is 2. The van der Waals surface area contributed by atoms with Crippen LogP contribution in [0.4, 0.5) is 5.82 Å². The number of benzene rings is 2. The molecule has 0 spiro atoms. The monoisotopic (exact) mass is 447 g/mol. The molecule has 0 aliphatic carbocycles. The number of primary amides is 1. The third-order valence-corrected chi connectivity index (χ3v) is 6.45. The van der Waals surface area contributed by atoms with E-state index < -0.39 is 5.91 Å². The molecule has 2 aromatic heterocycles. The highest BCUT2D eigenvalue weighted by Crippen LogP contribution is 2.41. The molecule has 0 fully saturated rings. The number of aromatic nitrogens is 3. The van der Waals surface area contributed by atoms with Crippen molar-refractivity contribution in [3.63, 3.8) is 0 Å². The van der Waals surface area contributed by atoms with Gasteiger partial charge in [0.05, 0.1) is 15.9 Å². The SMILES string of the molecule is Cc1ccc2nc(-n3nc(C)c4c3NC(=O)C[C@@H]4c3cccc(OCC(N)=O)c3)sc2c1. The Morgan fingerprint density at radius 2 is 2.12 bits per heavy atom. The van der Waals surface area contributed by atoms with Crippen LogP contribution >= 0.6 is 11.3 Å². The van der Waals surface area contributed by atoms with Gasteiger partial charge in [0.25, 0.3) is 5.91 Å². The lowest BCUT2D eigenvalue weighted by molar-refractivity contribution is -0.120. The van der Waals surface area contributed by atoms with E-state index in [2.05, 4.69) is 11.4 Å². The lowest BCUT2D eigenvalue weighted by atomic mass is 9.86. The Bertz CT molecular complexity index is 1370. The maximum absolute atomic E-state index is 12.7. The van der Waals surface area contributed by atoms with E-state index in [0.29, 0.717) is 16.7 Å². The number of fused-ring (bicyclic) bond motifs is 2. The molecule has 32 heavy (non-hydrogen) atoms. The standard InChI is InChI=1S/C23H21N5O3S/c1-12-6-7-17-18(8-12)32-23(25-17)28-22-21(13(2)27-28)16(10-20(30)26-22)14-4-3-5-15(9-14)31-11-19(24)29/h3-9,16H,10-11H2,1-2H3,(H2,24,29)(H,26,30)/t16-/m1/s1. The van der Waals surface area contributed by atoms with Crippen LogP contribution in [0.15, 0.2) is 42.5 Å². The molecule has 9 heteroatoms. The summed E-state index contributed by atoms with van der Waals surface area (Å²) in [6, 6.07) is 13.5. The molecule has 1 atom stereocenters. The molecule has 2 amide bonds. The van der Waals surface area contributed by atoms with Crippen LogP contribution in [0.5, 0.6) is 5.75 Å². The van der Waals surface area contributed by atoms with Crippen LogP contribution in [0, 0.1) is 13.8 Å². The van der Waals surface area contributed by atoms with E-state index in [1.807, 2.05) is 44.2 Å². The molecule has 0 saturated carbocycles. The fourth-order valence-electron chi connectivity index (χ4n) is 4.06. The van der Waals surface area contributed by atoms with Crippen LogP contribution in [-0.4, -0.2) is 33.2 Å². The number of carbonyl (C=O) groups is 2. The molecule has 2 aromatic carbocycles. The first-order valence-corrected chi connectivity index (χ1v) is 11.0. The quantitative estimate of drug-likeness (QED) is 0.487. The molecule has 3 N–H and O–H groups in total. The minimum Gasteiger partial charge on any atom is -0.484 e. The highest BCUT2D eigenvalue weighted by atomic mass is 32.1. The molecule has 1 aliphatic rings. The fourth-order valence-corrected chi connectivity index (χ4v) is 5.08. The van der Waals surface area contributed by atoms with Crippen LogP contribution in [-0.2, 0) is 9.59 Å².